The molecular formula is C28H46O4. The maximum absolute atomic E-state index is 13.8. The molecule has 0 atom stereocenters. The van der Waals surface area contributed by atoms with Crippen LogP contribution in [0.15, 0.2) is 0 Å². The number of carbonyl (C=O) groups excluding carboxylic acids is 1. The molecule has 0 amide bonds. The number of benzene rings is 1. The molecule has 0 radical (unpaired) electrons. The third-order valence-electron chi connectivity index (χ3n) is 5.32. The molecular weight excluding hydrogens is 400 g/mol. The van der Waals surface area contributed by atoms with Crippen molar-refractivity contribution in [3.8, 4) is 0 Å². The van der Waals surface area contributed by atoms with E-state index in [0.29, 0.717) is 11.1 Å². The molecule has 0 spiro atoms. The number of rotatable bonds is 2. The highest BCUT2D eigenvalue weighted by Gasteiger charge is 2.44. The number of carboxylic acids is 1. The van der Waals surface area contributed by atoms with Gasteiger partial charge < -0.3 is 9.84 Å². The van der Waals surface area contributed by atoms with Gasteiger partial charge in [0.05, 0.1) is 11.1 Å². The van der Waals surface area contributed by atoms with Crippen LogP contribution < -0.4 is 0 Å². The molecule has 0 aliphatic carbocycles. The van der Waals surface area contributed by atoms with Crippen LogP contribution in [0.3, 0.4) is 0 Å². The monoisotopic (exact) mass is 446 g/mol. The van der Waals surface area contributed by atoms with E-state index in [2.05, 4.69) is 62.3 Å². The quantitative estimate of drug-likeness (QED) is 0.477. The molecule has 1 N–H and O–H groups in total. The summed E-state index contributed by atoms with van der Waals surface area (Å²) in [4.78, 5) is 26.7. The molecule has 0 aliphatic rings. The first-order chi connectivity index (χ1) is 13.8. The van der Waals surface area contributed by atoms with Gasteiger partial charge in [-0.25, -0.2) is 9.59 Å². The topological polar surface area (TPSA) is 63.6 Å². The number of carbonyl (C=O) groups is 2. The fourth-order valence-electron chi connectivity index (χ4n) is 4.50. The maximum atomic E-state index is 13.8. The van der Waals surface area contributed by atoms with Gasteiger partial charge in [0.25, 0.3) is 0 Å². The summed E-state index contributed by atoms with van der Waals surface area (Å²) in [6.45, 7) is 30.1. The van der Waals surface area contributed by atoms with Crippen LogP contribution in [0.1, 0.15) is 147 Å². The van der Waals surface area contributed by atoms with Crippen molar-refractivity contribution in [2.75, 3.05) is 0 Å². The van der Waals surface area contributed by atoms with Gasteiger partial charge in [0.2, 0.25) is 0 Å². The summed E-state index contributed by atoms with van der Waals surface area (Å²) in [5, 5.41) is 10.5. The van der Waals surface area contributed by atoms with Crippen LogP contribution in [-0.2, 0) is 26.4 Å². The van der Waals surface area contributed by atoms with Gasteiger partial charge in [-0.2, -0.15) is 0 Å². The molecule has 1 aromatic rings. The van der Waals surface area contributed by atoms with Gasteiger partial charge in [-0.3, -0.25) is 0 Å². The maximum Gasteiger partial charge on any atom is 0.339 e. The lowest BCUT2D eigenvalue weighted by Crippen LogP contribution is -2.38. The van der Waals surface area contributed by atoms with Crippen LogP contribution in [0.2, 0.25) is 0 Å². The zero-order valence-corrected chi connectivity index (χ0v) is 23.2. The Kier molecular flexibility index (Phi) is 7.21. The largest absolute Gasteiger partial charge is 0.478 e. The van der Waals surface area contributed by atoms with Crippen LogP contribution in [0.25, 0.3) is 0 Å². The van der Waals surface area contributed by atoms with Crippen LogP contribution >= 0.6 is 0 Å². The zero-order valence-electron chi connectivity index (χ0n) is 23.2. The van der Waals surface area contributed by atoms with E-state index < -0.39 is 33.8 Å². The first-order valence-corrected chi connectivity index (χ1v) is 11.5. The molecule has 4 nitrogen and oxygen atoms in total. The fraction of sp³-hybridized carbons (Fsp3) is 0.714. The third-order valence-corrected chi connectivity index (χ3v) is 5.32. The van der Waals surface area contributed by atoms with Crippen LogP contribution in [0.4, 0.5) is 0 Å². The summed E-state index contributed by atoms with van der Waals surface area (Å²) >= 11 is 0. The van der Waals surface area contributed by atoms with Crippen LogP contribution in [0, 0.1) is 0 Å². The van der Waals surface area contributed by atoms with Gasteiger partial charge in [0.1, 0.15) is 5.60 Å². The highest BCUT2D eigenvalue weighted by Crippen LogP contribution is 2.48. The van der Waals surface area contributed by atoms with Gasteiger partial charge in [-0.15, -0.1) is 0 Å². The first-order valence-electron chi connectivity index (χ1n) is 11.5. The highest BCUT2D eigenvalue weighted by molar-refractivity contribution is 6.02. The number of hydrogen-bond donors (Lipinski definition) is 1. The van der Waals surface area contributed by atoms with Gasteiger partial charge >= 0.3 is 11.9 Å². The normalized spacial score (nSPS) is 13.8. The van der Waals surface area contributed by atoms with E-state index in [0.717, 1.165) is 16.7 Å². The Balaban J connectivity index is 4.71. The number of hydrogen-bond acceptors (Lipinski definition) is 3. The number of carboxylic acid groups (broad SMARTS) is 1. The summed E-state index contributed by atoms with van der Waals surface area (Å²) in [6.07, 6.45) is 0. The van der Waals surface area contributed by atoms with Crippen LogP contribution in [0.5, 0.6) is 0 Å². The Morgan fingerprint density at radius 2 is 0.844 bits per heavy atom. The second-order valence-corrected chi connectivity index (χ2v) is 14.1. The van der Waals surface area contributed by atoms with Crippen molar-refractivity contribution in [2.24, 2.45) is 0 Å². The summed E-state index contributed by atoms with van der Waals surface area (Å²) in [6, 6.07) is 0. The van der Waals surface area contributed by atoms with E-state index >= 15 is 0 Å². The zero-order chi connectivity index (χ0) is 25.8. The smallest absolute Gasteiger partial charge is 0.339 e. The Labute approximate surface area is 196 Å². The minimum absolute atomic E-state index is 0.240. The van der Waals surface area contributed by atoms with E-state index in [1.54, 1.807) is 0 Å². The van der Waals surface area contributed by atoms with Gasteiger partial charge in [0.15, 0.2) is 0 Å². The van der Waals surface area contributed by atoms with Crippen molar-refractivity contribution in [1.29, 1.82) is 0 Å². The minimum Gasteiger partial charge on any atom is -0.478 e. The third kappa shape index (κ3) is 5.94. The molecule has 0 aliphatic heterocycles. The number of aromatic carboxylic acids is 1. The highest BCUT2D eigenvalue weighted by atomic mass is 16.6. The second kappa shape index (κ2) is 8.18. The van der Waals surface area contributed by atoms with E-state index in [-0.39, 0.29) is 11.0 Å². The van der Waals surface area contributed by atoms with Gasteiger partial charge in [-0.05, 0) is 64.7 Å². The minimum atomic E-state index is -1.00. The number of ether oxygens (including phenoxy) is 1. The molecule has 0 fully saturated rings. The van der Waals surface area contributed by atoms with Crippen molar-refractivity contribution in [3.63, 3.8) is 0 Å². The molecule has 1 rings (SSSR count). The Hall–Kier alpha value is -1.84. The summed E-state index contributed by atoms with van der Waals surface area (Å²) < 4.78 is 5.89. The molecule has 0 unspecified atom stereocenters. The standard InChI is InChI=1S/C28H46O4/c1-24(2,3)18-16(22(29)30)19(25(4,5)6)21(27(10,11)12)20(26(7,8)9)17(18)23(31)32-28(13,14)15/h1-15H3,(H,29,30). The van der Waals surface area contributed by atoms with Gasteiger partial charge in [0, 0.05) is 0 Å². The predicted octanol–water partition coefficient (Wildman–Crippen LogP) is 7.53. The predicted molar refractivity (Wildman–Crippen MR) is 133 cm³/mol. The van der Waals surface area contributed by atoms with Crippen molar-refractivity contribution >= 4 is 11.9 Å². The SMILES string of the molecule is CC(C)(C)OC(=O)c1c(C(C)(C)C)c(C(=O)O)c(C(C)(C)C)c(C(C)(C)C)c1C(C)(C)C. The lowest BCUT2D eigenvalue weighted by Gasteiger charge is -2.42. The molecule has 0 aromatic heterocycles. The first kappa shape index (κ1) is 28.2. The molecule has 32 heavy (non-hydrogen) atoms. The van der Waals surface area contributed by atoms with E-state index in [1.807, 2.05) is 41.5 Å². The van der Waals surface area contributed by atoms with E-state index in [4.69, 9.17) is 4.74 Å². The summed E-state index contributed by atoms with van der Waals surface area (Å²) in [5.41, 5.74) is 1.31. The lowest BCUT2D eigenvalue weighted by molar-refractivity contribution is 0.00638. The average Bonchev–Trinajstić information content (AvgIpc) is 2.46. The number of esters is 1. The van der Waals surface area contributed by atoms with Crippen molar-refractivity contribution in [1.82, 2.24) is 0 Å². The molecule has 182 valence electrons. The van der Waals surface area contributed by atoms with Crippen molar-refractivity contribution < 1.29 is 19.4 Å². The average molecular weight is 447 g/mol. The fourth-order valence-corrected chi connectivity index (χ4v) is 4.50. The second-order valence-electron chi connectivity index (χ2n) is 14.1. The van der Waals surface area contributed by atoms with E-state index in [9.17, 15) is 14.7 Å². The molecule has 0 bridgehead atoms. The lowest BCUT2D eigenvalue weighted by atomic mass is 9.62. The Bertz CT molecular complexity index is 900. The summed E-state index contributed by atoms with van der Waals surface area (Å²) in [5.74, 6) is -1.46. The molecule has 1 aromatic carbocycles. The van der Waals surface area contributed by atoms with Gasteiger partial charge in [-0.1, -0.05) is 83.1 Å². The molecule has 0 saturated carbocycles. The molecule has 0 saturated heterocycles. The molecule has 4 heteroatoms. The Morgan fingerprint density at radius 3 is 1.09 bits per heavy atom. The Morgan fingerprint density at radius 1 is 0.531 bits per heavy atom. The van der Waals surface area contributed by atoms with Crippen molar-refractivity contribution in [3.05, 3.63) is 33.4 Å². The van der Waals surface area contributed by atoms with Crippen molar-refractivity contribution in [2.45, 2.75) is 131 Å². The van der Waals surface area contributed by atoms with Crippen LogP contribution in [-0.4, -0.2) is 22.6 Å². The van der Waals surface area contributed by atoms with E-state index in [1.165, 1.54) is 0 Å². The summed E-state index contributed by atoms with van der Waals surface area (Å²) in [7, 11) is 0. The molecule has 0 heterocycles.